The molecule has 0 aliphatic rings. The fraction of sp³-hybridized carbons (Fsp3) is 0.350. The highest BCUT2D eigenvalue weighted by atomic mass is 32.2. The van der Waals surface area contributed by atoms with Gasteiger partial charge >= 0.3 is 0 Å². The Labute approximate surface area is 173 Å². The van der Waals surface area contributed by atoms with Crippen LogP contribution >= 0.6 is 23.1 Å². The average molecular weight is 417 g/mol. The molecule has 1 aromatic carbocycles. The van der Waals surface area contributed by atoms with Gasteiger partial charge in [-0.2, -0.15) is 0 Å². The summed E-state index contributed by atoms with van der Waals surface area (Å²) in [6, 6.07) is 9.60. The first kappa shape index (κ1) is 20.4. The minimum atomic E-state index is -0.109. The van der Waals surface area contributed by atoms with Crippen LogP contribution in [0, 0.1) is 0 Å². The Morgan fingerprint density at radius 2 is 2.11 bits per heavy atom. The standard InChI is InChI=1S/C20H24N4O2S2/c1-4-8-15-11-14(12-27-15)19-22-23-20(24(19)3)28-13-18(25)21-16-9-6-7-10-17(16)26-5-2/h6-7,9-12H,4-5,8,13H2,1-3H3,(H,21,25). The van der Waals surface area contributed by atoms with Crippen LogP contribution in [-0.4, -0.2) is 33.0 Å². The Bertz CT molecular complexity index is 936. The number of nitrogens with zero attached hydrogens (tertiary/aromatic N) is 3. The molecular weight excluding hydrogens is 392 g/mol. The third-order valence-electron chi connectivity index (χ3n) is 4.04. The molecule has 8 heteroatoms. The van der Waals surface area contributed by atoms with Gasteiger partial charge in [0.25, 0.3) is 0 Å². The largest absolute Gasteiger partial charge is 0.492 e. The number of nitrogens with one attached hydrogen (secondary N) is 1. The number of carbonyl (C=O) groups is 1. The van der Waals surface area contributed by atoms with Crippen molar-refractivity contribution < 1.29 is 9.53 Å². The van der Waals surface area contributed by atoms with E-state index in [0.717, 1.165) is 24.2 Å². The third-order valence-corrected chi connectivity index (χ3v) is 6.05. The zero-order valence-electron chi connectivity index (χ0n) is 16.3. The molecule has 1 N–H and O–H groups in total. The number of thiophene rings is 1. The number of anilines is 1. The van der Waals surface area contributed by atoms with E-state index >= 15 is 0 Å². The van der Waals surface area contributed by atoms with Crippen molar-refractivity contribution >= 4 is 34.7 Å². The van der Waals surface area contributed by atoms with E-state index in [1.807, 2.05) is 42.8 Å². The molecule has 6 nitrogen and oxygen atoms in total. The quantitative estimate of drug-likeness (QED) is 0.515. The molecule has 148 valence electrons. The van der Waals surface area contributed by atoms with Crippen LogP contribution in [0.4, 0.5) is 5.69 Å². The van der Waals surface area contributed by atoms with Gasteiger partial charge in [-0.3, -0.25) is 4.79 Å². The molecule has 0 spiro atoms. The zero-order chi connectivity index (χ0) is 19.9. The summed E-state index contributed by atoms with van der Waals surface area (Å²) in [5.74, 6) is 1.63. The molecule has 0 aliphatic heterocycles. The van der Waals surface area contributed by atoms with Gasteiger partial charge in [0.15, 0.2) is 11.0 Å². The molecule has 0 aliphatic carbocycles. The molecule has 0 saturated heterocycles. The van der Waals surface area contributed by atoms with E-state index in [1.165, 1.54) is 16.6 Å². The lowest BCUT2D eigenvalue weighted by atomic mass is 10.2. The number of benzene rings is 1. The van der Waals surface area contributed by atoms with Crippen molar-refractivity contribution in [2.75, 3.05) is 17.7 Å². The van der Waals surface area contributed by atoms with Crippen LogP contribution in [0.1, 0.15) is 25.1 Å². The van der Waals surface area contributed by atoms with Gasteiger partial charge in [0.2, 0.25) is 5.91 Å². The van der Waals surface area contributed by atoms with Crippen LogP contribution in [0.3, 0.4) is 0 Å². The van der Waals surface area contributed by atoms with Gasteiger partial charge in [0.1, 0.15) is 5.75 Å². The van der Waals surface area contributed by atoms with Gasteiger partial charge in [-0.25, -0.2) is 0 Å². The second-order valence-electron chi connectivity index (χ2n) is 6.18. The molecule has 1 amide bonds. The normalized spacial score (nSPS) is 10.8. The number of para-hydroxylation sites is 2. The lowest BCUT2D eigenvalue weighted by Gasteiger charge is -2.11. The molecule has 0 radical (unpaired) electrons. The number of ether oxygens (including phenoxy) is 1. The van der Waals surface area contributed by atoms with Gasteiger partial charge in [-0.15, -0.1) is 21.5 Å². The first-order valence-electron chi connectivity index (χ1n) is 9.24. The maximum absolute atomic E-state index is 12.4. The van der Waals surface area contributed by atoms with Crippen LogP contribution in [0.2, 0.25) is 0 Å². The molecule has 0 atom stereocenters. The van der Waals surface area contributed by atoms with Crippen molar-refractivity contribution in [3.63, 3.8) is 0 Å². The topological polar surface area (TPSA) is 69.0 Å². The van der Waals surface area contributed by atoms with E-state index in [-0.39, 0.29) is 11.7 Å². The molecule has 0 unspecified atom stereocenters. The maximum Gasteiger partial charge on any atom is 0.234 e. The summed E-state index contributed by atoms with van der Waals surface area (Å²) >= 11 is 3.11. The molecule has 0 bridgehead atoms. The lowest BCUT2D eigenvalue weighted by molar-refractivity contribution is -0.113. The summed E-state index contributed by atoms with van der Waals surface area (Å²) in [5.41, 5.74) is 1.75. The average Bonchev–Trinajstić information content (AvgIpc) is 3.29. The second-order valence-corrected chi connectivity index (χ2v) is 8.12. The lowest BCUT2D eigenvalue weighted by Crippen LogP contribution is -2.15. The van der Waals surface area contributed by atoms with Gasteiger partial charge in [0, 0.05) is 22.9 Å². The molecule has 28 heavy (non-hydrogen) atoms. The summed E-state index contributed by atoms with van der Waals surface area (Å²) in [7, 11) is 1.93. The van der Waals surface area contributed by atoms with Crippen molar-refractivity contribution in [2.45, 2.75) is 31.8 Å². The Morgan fingerprint density at radius 1 is 1.29 bits per heavy atom. The number of thioether (sulfide) groups is 1. The van der Waals surface area contributed by atoms with Crippen molar-refractivity contribution in [2.24, 2.45) is 7.05 Å². The number of hydrogen-bond acceptors (Lipinski definition) is 6. The number of amides is 1. The smallest absolute Gasteiger partial charge is 0.234 e. The van der Waals surface area contributed by atoms with Gasteiger partial charge in [-0.1, -0.05) is 37.2 Å². The van der Waals surface area contributed by atoms with Gasteiger partial charge < -0.3 is 14.6 Å². The number of carbonyl (C=O) groups excluding carboxylic acids is 1. The Balaban J connectivity index is 1.62. The SMILES string of the molecule is CCCc1cc(-c2nnc(SCC(=O)Nc3ccccc3OCC)n2C)cs1. The molecule has 3 rings (SSSR count). The Morgan fingerprint density at radius 3 is 2.89 bits per heavy atom. The van der Waals surface area contributed by atoms with E-state index < -0.39 is 0 Å². The number of rotatable bonds is 9. The fourth-order valence-corrected chi connectivity index (χ4v) is 4.41. The Hall–Kier alpha value is -2.32. The summed E-state index contributed by atoms with van der Waals surface area (Å²) in [6.45, 7) is 4.64. The zero-order valence-corrected chi connectivity index (χ0v) is 17.9. The van der Waals surface area contributed by atoms with Gasteiger partial charge in [0.05, 0.1) is 18.0 Å². The van der Waals surface area contributed by atoms with Crippen molar-refractivity contribution in [1.82, 2.24) is 14.8 Å². The summed E-state index contributed by atoms with van der Waals surface area (Å²) < 4.78 is 7.48. The monoisotopic (exact) mass is 416 g/mol. The molecule has 0 saturated carbocycles. The third kappa shape index (κ3) is 4.94. The highest BCUT2D eigenvalue weighted by Gasteiger charge is 2.15. The number of aromatic nitrogens is 3. The van der Waals surface area contributed by atoms with Crippen LogP contribution in [-0.2, 0) is 18.3 Å². The highest BCUT2D eigenvalue weighted by Crippen LogP contribution is 2.28. The minimum Gasteiger partial charge on any atom is -0.492 e. The Kier molecular flexibility index (Phi) is 7.11. The van der Waals surface area contributed by atoms with Crippen molar-refractivity contribution in [3.05, 3.63) is 40.6 Å². The van der Waals surface area contributed by atoms with Crippen LogP contribution in [0.5, 0.6) is 5.75 Å². The summed E-state index contributed by atoms with van der Waals surface area (Å²) in [6.07, 6.45) is 2.20. The molecule has 0 fully saturated rings. The van der Waals surface area contributed by atoms with Gasteiger partial charge in [-0.05, 0) is 31.5 Å². The van der Waals surface area contributed by atoms with E-state index in [4.69, 9.17) is 4.74 Å². The molecular formula is C20H24N4O2S2. The summed E-state index contributed by atoms with van der Waals surface area (Å²) in [5, 5.41) is 14.3. The fourth-order valence-electron chi connectivity index (χ4n) is 2.74. The number of aryl methyl sites for hydroxylation is 1. The van der Waals surface area contributed by atoms with Crippen LogP contribution in [0.25, 0.3) is 11.4 Å². The van der Waals surface area contributed by atoms with E-state index in [0.29, 0.717) is 23.2 Å². The number of hydrogen-bond donors (Lipinski definition) is 1. The maximum atomic E-state index is 12.4. The van der Waals surface area contributed by atoms with Crippen molar-refractivity contribution in [1.29, 1.82) is 0 Å². The highest BCUT2D eigenvalue weighted by molar-refractivity contribution is 7.99. The molecule has 2 heterocycles. The molecule has 2 aromatic heterocycles. The van der Waals surface area contributed by atoms with Crippen LogP contribution < -0.4 is 10.1 Å². The first-order valence-corrected chi connectivity index (χ1v) is 11.1. The molecule has 3 aromatic rings. The summed E-state index contributed by atoms with van der Waals surface area (Å²) in [4.78, 5) is 13.7. The predicted octanol–water partition coefficient (Wildman–Crippen LogP) is 4.63. The van der Waals surface area contributed by atoms with Crippen molar-refractivity contribution in [3.8, 4) is 17.1 Å². The van der Waals surface area contributed by atoms with E-state index in [9.17, 15) is 4.79 Å². The minimum absolute atomic E-state index is 0.109. The second kappa shape index (κ2) is 9.75. The predicted molar refractivity (Wildman–Crippen MR) is 115 cm³/mol. The van der Waals surface area contributed by atoms with E-state index in [1.54, 1.807) is 11.3 Å². The van der Waals surface area contributed by atoms with E-state index in [2.05, 4.69) is 33.9 Å². The first-order chi connectivity index (χ1) is 13.6. The van der Waals surface area contributed by atoms with Crippen LogP contribution in [0.15, 0.2) is 40.9 Å².